The molecule has 0 heterocycles. The van der Waals surface area contributed by atoms with Crippen LogP contribution in [0.1, 0.15) is 91.9 Å². The van der Waals surface area contributed by atoms with Crippen molar-refractivity contribution in [3.8, 4) is 0 Å². The lowest BCUT2D eigenvalue weighted by Gasteiger charge is -2.44. The SMILES string of the molecule is C=C1/C(=C/C=C2\CCC[C@@]3(C)[C@@H]([C@@H](C)CCCC(C)(C)O)CC[C@@H]23)C[C@@H](O)[C@@H](OCCCO)[C@@H]1O. The highest BCUT2D eigenvalue weighted by Crippen LogP contribution is 2.60. The smallest absolute Gasteiger partial charge is 0.114 e. The molecule has 3 aliphatic rings. The molecule has 0 aromatic carbocycles. The Morgan fingerprint density at radius 2 is 1.94 bits per heavy atom. The first kappa shape index (κ1) is 28.6. The van der Waals surface area contributed by atoms with Gasteiger partial charge in [-0.15, -0.1) is 0 Å². The molecule has 35 heavy (non-hydrogen) atoms. The Hall–Kier alpha value is -0.980. The normalized spacial score (nSPS) is 37.1. The van der Waals surface area contributed by atoms with Crippen molar-refractivity contribution < 1.29 is 25.2 Å². The molecular formula is C30H50O5. The maximum absolute atomic E-state index is 10.7. The second kappa shape index (κ2) is 12.0. The van der Waals surface area contributed by atoms with Crippen molar-refractivity contribution in [1.29, 1.82) is 0 Å². The second-order valence-corrected chi connectivity index (χ2v) is 12.4. The van der Waals surface area contributed by atoms with Crippen molar-refractivity contribution in [2.75, 3.05) is 13.2 Å². The average molecular weight is 491 g/mol. The Morgan fingerprint density at radius 3 is 2.63 bits per heavy atom. The van der Waals surface area contributed by atoms with Crippen molar-refractivity contribution in [1.82, 2.24) is 0 Å². The lowest BCUT2D eigenvalue weighted by Crippen LogP contribution is -2.45. The standard InChI is InChI=1S/C30H50O5/c1-20(9-6-15-29(3,4)34)24-13-14-25-22(10-7-16-30(24,25)5)11-12-23-19-26(32)28(27(33)21(23)2)35-18-8-17-31/h11-12,20,24-28,31-34H,2,6-10,13-19H2,1,3-5H3/b22-11+,23-12+/t20-,24+,25-,26+,27+,28+,30-/m0/s1. The highest BCUT2D eigenvalue weighted by atomic mass is 16.5. The van der Waals surface area contributed by atoms with E-state index in [0.717, 1.165) is 30.8 Å². The fraction of sp³-hybridized carbons (Fsp3) is 0.800. The molecule has 0 aromatic rings. The van der Waals surface area contributed by atoms with Crippen LogP contribution in [-0.4, -0.2) is 57.6 Å². The van der Waals surface area contributed by atoms with Gasteiger partial charge in [-0.3, -0.25) is 0 Å². The molecule has 5 nitrogen and oxygen atoms in total. The van der Waals surface area contributed by atoms with Crippen LogP contribution in [-0.2, 0) is 4.74 Å². The Balaban J connectivity index is 1.67. The second-order valence-electron chi connectivity index (χ2n) is 12.4. The third kappa shape index (κ3) is 6.87. The number of ether oxygens (including phenoxy) is 1. The van der Waals surface area contributed by atoms with Gasteiger partial charge in [-0.05, 0) is 93.1 Å². The largest absolute Gasteiger partial charge is 0.396 e. The zero-order valence-electron chi connectivity index (χ0n) is 22.5. The van der Waals surface area contributed by atoms with Crippen LogP contribution < -0.4 is 0 Å². The monoisotopic (exact) mass is 490 g/mol. The van der Waals surface area contributed by atoms with Gasteiger partial charge in [0.25, 0.3) is 0 Å². The molecule has 0 aliphatic heterocycles. The third-order valence-corrected chi connectivity index (χ3v) is 9.17. The van der Waals surface area contributed by atoms with Crippen molar-refractivity contribution >= 4 is 0 Å². The van der Waals surface area contributed by atoms with E-state index >= 15 is 0 Å². The lowest BCUT2D eigenvalue weighted by molar-refractivity contribution is -0.0968. The van der Waals surface area contributed by atoms with Crippen LogP contribution in [0.3, 0.4) is 0 Å². The van der Waals surface area contributed by atoms with E-state index in [9.17, 15) is 15.3 Å². The van der Waals surface area contributed by atoms with Crippen LogP contribution in [0.5, 0.6) is 0 Å². The Labute approximate surface area is 213 Å². The van der Waals surface area contributed by atoms with E-state index in [1.165, 1.54) is 37.7 Å². The van der Waals surface area contributed by atoms with Gasteiger partial charge in [0.15, 0.2) is 0 Å². The van der Waals surface area contributed by atoms with Crippen molar-refractivity contribution in [2.45, 2.75) is 116 Å². The zero-order valence-corrected chi connectivity index (χ0v) is 22.5. The van der Waals surface area contributed by atoms with E-state index in [1.54, 1.807) is 0 Å². The van der Waals surface area contributed by atoms with E-state index in [2.05, 4.69) is 32.6 Å². The molecule has 0 spiro atoms. The average Bonchev–Trinajstić information content (AvgIpc) is 3.14. The summed E-state index contributed by atoms with van der Waals surface area (Å²) in [7, 11) is 0. The fourth-order valence-electron chi connectivity index (χ4n) is 7.21. The Morgan fingerprint density at radius 1 is 1.20 bits per heavy atom. The number of rotatable bonds is 10. The van der Waals surface area contributed by atoms with Crippen LogP contribution in [0.2, 0.25) is 0 Å². The third-order valence-electron chi connectivity index (χ3n) is 9.17. The molecule has 0 unspecified atom stereocenters. The molecule has 3 fully saturated rings. The summed E-state index contributed by atoms with van der Waals surface area (Å²) in [6, 6.07) is 0. The van der Waals surface area contributed by atoms with Gasteiger partial charge in [0.1, 0.15) is 12.2 Å². The summed E-state index contributed by atoms with van der Waals surface area (Å²) in [6.45, 7) is 13.2. The molecule has 3 rings (SSSR count). The van der Waals surface area contributed by atoms with Crippen LogP contribution in [0.25, 0.3) is 0 Å². The molecule has 3 saturated carbocycles. The van der Waals surface area contributed by atoms with Crippen LogP contribution in [0, 0.1) is 23.2 Å². The van der Waals surface area contributed by atoms with Gasteiger partial charge < -0.3 is 25.2 Å². The molecular weight excluding hydrogens is 440 g/mol. The van der Waals surface area contributed by atoms with Gasteiger partial charge in [0, 0.05) is 19.6 Å². The van der Waals surface area contributed by atoms with E-state index in [1.807, 2.05) is 13.8 Å². The molecule has 200 valence electrons. The molecule has 3 aliphatic carbocycles. The van der Waals surface area contributed by atoms with Crippen molar-refractivity contribution in [3.63, 3.8) is 0 Å². The lowest BCUT2D eigenvalue weighted by atomic mass is 9.60. The van der Waals surface area contributed by atoms with Crippen molar-refractivity contribution in [2.24, 2.45) is 23.2 Å². The molecule has 0 radical (unpaired) electrons. The number of hydrogen-bond donors (Lipinski definition) is 4. The summed E-state index contributed by atoms with van der Waals surface area (Å²) >= 11 is 0. The molecule has 4 N–H and O–H groups in total. The van der Waals surface area contributed by atoms with Crippen LogP contribution in [0.4, 0.5) is 0 Å². The number of allylic oxidation sites excluding steroid dienone is 3. The summed E-state index contributed by atoms with van der Waals surface area (Å²) in [5.74, 6) is 1.98. The van der Waals surface area contributed by atoms with Crippen molar-refractivity contribution in [3.05, 3.63) is 35.5 Å². The minimum atomic E-state index is -0.931. The van der Waals surface area contributed by atoms with E-state index < -0.39 is 23.9 Å². The van der Waals surface area contributed by atoms with Gasteiger partial charge in [-0.2, -0.15) is 0 Å². The quantitative estimate of drug-likeness (QED) is 0.321. The predicted octanol–water partition coefficient (Wildman–Crippen LogP) is 5.08. The van der Waals surface area contributed by atoms with E-state index in [4.69, 9.17) is 9.84 Å². The summed E-state index contributed by atoms with van der Waals surface area (Å²) in [4.78, 5) is 0. The summed E-state index contributed by atoms with van der Waals surface area (Å²) in [6.07, 6.45) is 12.1. The molecule has 0 amide bonds. The topological polar surface area (TPSA) is 90.2 Å². The summed E-state index contributed by atoms with van der Waals surface area (Å²) in [5.41, 5.74) is 2.79. The highest BCUT2D eigenvalue weighted by Gasteiger charge is 2.50. The predicted molar refractivity (Wildman–Crippen MR) is 141 cm³/mol. The highest BCUT2D eigenvalue weighted by molar-refractivity contribution is 5.40. The van der Waals surface area contributed by atoms with E-state index in [0.29, 0.717) is 42.3 Å². The molecule has 0 aromatic heterocycles. The summed E-state index contributed by atoms with van der Waals surface area (Å²) < 4.78 is 5.63. The first-order valence-electron chi connectivity index (χ1n) is 13.9. The Bertz CT molecular complexity index is 778. The Kier molecular flexibility index (Phi) is 9.84. The number of aliphatic hydroxyl groups is 4. The molecule has 0 bridgehead atoms. The molecule has 7 atom stereocenters. The zero-order chi connectivity index (χ0) is 25.8. The minimum absolute atomic E-state index is 0.0269. The maximum atomic E-state index is 10.7. The number of hydrogen-bond acceptors (Lipinski definition) is 5. The van der Waals surface area contributed by atoms with Gasteiger partial charge in [0.05, 0.1) is 11.7 Å². The summed E-state index contributed by atoms with van der Waals surface area (Å²) in [5, 5.41) is 40.4. The molecule has 5 heteroatoms. The van der Waals surface area contributed by atoms with Gasteiger partial charge in [-0.1, -0.05) is 51.0 Å². The fourth-order valence-corrected chi connectivity index (χ4v) is 7.21. The first-order valence-corrected chi connectivity index (χ1v) is 13.9. The molecule has 0 saturated heterocycles. The van der Waals surface area contributed by atoms with Crippen LogP contribution >= 0.6 is 0 Å². The van der Waals surface area contributed by atoms with Crippen LogP contribution in [0.15, 0.2) is 35.5 Å². The minimum Gasteiger partial charge on any atom is -0.396 e. The van der Waals surface area contributed by atoms with Gasteiger partial charge >= 0.3 is 0 Å². The van der Waals surface area contributed by atoms with Gasteiger partial charge in [0.2, 0.25) is 0 Å². The number of fused-ring (bicyclic) bond motifs is 1. The number of aliphatic hydroxyl groups excluding tert-OH is 3. The van der Waals surface area contributed by atoms with E-state index in [-0.39, 0.29) is 6.61 Å². The first-order chi connectivity index (χ1) is 16.5. The maximum Gasteiger partial charge on any atom is 0.114 e. The van der Waals surface area contributed by atoms with Gasteiger partial charge in [-0.25, -0.2) is 0 Å².